The Kier molecular flexibility index (Phi) is 3.90. The van der Waals surface area contributed by atoms with Crippen molar-refractivity contribution in [3.05, 3.63) is 47.2 Å². The van der Waals surface area contributed by atoms with E-state index in [0.29, 0.717) is 0 Å². The average Bonchev–Trinajstić information content (AvgIpc) is 2.67. The summed E-state index contributed by atoms with van der Waals surface area (Å²) < 4.78 is 5.99. The molecule has 0 amide bonds. The second-order valence-electron chi connectivity index (χ2n) is 5.67. The van der Waals surface area contributed by atoms with Crippen LogP contribution >= 0.6 is 0 Å². The van der Waals surface area contributed by atoms with Crippen molar-refractivity contribution in [1.82, 2.24) is 5.43 Å². The molecule has 0 aliphatic heterocycles. The Morgan fingerprint density at radius 3 is 2.95 bits per heavy atom. The van der Waals surface area contributed by atoms with Crippen LogP contribution in [-0.4, -0.2) is 0 Å². The first-order valence-corrected chi connectivity index (χ1v) is 7.43. The van der Waals surface area contributed by atoms with E-state index in [9.17, 15) is 0 Å². The van der Waals surface area contributed by atoms with Gasteiger partial charge in [-0.3, -0.25) is 5.84 Å². The van der Waals surface area contributed by atoms with E-state index in [2.05, 4.69) is 36.6 Å². The first kappa shape index (κ1) is 13.4. The van der Waals surface area contributed by atoms with Crippen molar-refractivity contribution in [2.24, 2.45) is 5.84 Å². The van der Waals surface area contributed by atoms with Gasteiger partial charge >= 0.3 is 0 Å². The SMILES string of the molecule is Cc1ccc2oc(C(NN)C3=CCCCCC3)cc2c1. The van der Waals surface area contributed by atoms with E-state index >= 15 is 0 Å². The fraction of sp³-hybridized carbons (Fsp3) is 0.412. The lowest BCUT2D eigenvalue weighted by Crippen LogP contribution is -2.29. The minimum atomic E-state index is 0.000746. The van der Waals surface area contributed by atoms with Gasteiger partial charge in [0.2, 0.25) is 0 Å². The van der Waals surface area contributed by atoms with Gasteiger partial charge in [-0.1, -0.05) is 24.1 Å². The number of hydrogen-bond acceptors (Lipinski definition) is 3. The molecule has 1 heterocycles. The molecule has 1 aromatic carbocycles. The molecular formula is C17H22N2O. The fourth-order valence-electron chi connectivity index (χ4n) is 3.00. The maximum atomic E-state index is 5.99. The van der Waals surface area contributed by atoms with E-state index in [1.54, 1.807) is 0 Å². The Balaban J connectivity index is 1.95. The van der Waals surface area contributed by atoms with Crippen LogP contribution in [0.4, 0.5) is 0 Å². The molecule has 1 aliphatic rings. The zero-order chi connectivity index (χ0) is 13.9. The van der Waals surface area contributed by atoms with Crippen LogP contribution in [0.1, 0.15) is 49.5 Å². The fourth-order valence-corrected chi connectivity index (χ4v) is 3.00. The molecule has 0 bridgehead atoms. The van der Waals surface area contributed by atoms with Gasteiger partial charge in [-0.2, -0.15) is 0 Å². The van der Waals surface area contributed by atoms with Gasteiger partial charge in [-0.15, -0.1) is 0 Å². The third-order valence-electron chi connectivity index (χ3n) is 4.09. The van der Waals surface area contributed by atoms with Gasteiger partial charge in [0.15, 0.2) is 0 Å². The predicted molar refractivity (Wildman–Crippen MR) is 82.2 cm³/mol. The number of nitrogens with one attached hydrogen (secondary N) is 1. The van der Waals surface area contributed by atoms with E-state index in [1.165, 1.54) is 30.4 Å². The molecule has 0 spiro atoms. The average molecular weight is 270 g/mol. The minimum absolute atomic E-state index is 0.000746. The normalized spacial score (nSPS) is 17.8. The molecule has 0 saturated heterocycles. The van der Waals surface area contributed by atoms with Crippen LogP contribution in [0.25, 0.3) is 11.0 Å². The van der Waals surface area contributed by atoms with Gasteiger partial charge in [0, 0.05) is 5.39 Å². The lowest BCUT2D eigenvalue weighted by atomic mass is 10.00. The molecule has 1 atom stereocenters. The van der Waals surface area contributed by atoms with Crippen molar-refractivity contribution in [3.8, 4) is 0 Å². The molecule has 3 rings (SSSR count). The van der Waals surface area contributed by atoms with Crippen LogP contribution in [0, 0.1) is 6.92 Å². The molecule has 0 saturated carbocycles. The molecule has 106 valence electrons. The number of hydrazine groups is 1. The summed E-state index contributed by atoms with van der Waals surface area (Å²) in [5.74, 6) is 6.71. The van der Waals surface area contributed by atoms with Crippen molar-refractivity contribution in [1.29, 1.82) is 0 Å². The molecule has 1 aliphatic carbocycles. The summed E-state index contributed by atoms with van der Waals surface area (Å²) in [5, 5.41) is 1.15. The summed E-state index contributed by atoms with van der Waals surface area (Å²) in [4.78, 5) is 0. The van der Waals surface area contributed by atoms with Crippen molar-refractivity contribution in [2.75, 3.05) is 0 Å². The van der Waals surface area contributed by atoms with E-state index < -0.39 is 0 Å². The van der Waals surface area contributed by atoms with Crippen LogP contribution < -0.4 is 11.3 Å². The number of aryl methyl sites for hydroxylation is 1. The predicted octanol–water partition coefficient (Wildman–Crippen LogP) is 4.14. The number of nitrogens with two attached hydrogens (primary N) is 1. The number of fused-ring (bicyclic) bond motifs is 1. The van der Waals surface area contributed by atoms with Crippen molar-refractivity contribution in [3.63, 3.8) is 0 Å². The summed E-state index contributed by atoms with van der Waals surface area (Å²) in [6.07, 6.45) is 8.40. The molecule has 0 radical (unpaired) electrons. The standard InChI is InChI=1S/C17H22N2O/c1-12-8-9-15-14(10-12)11-16(20-15)17(19-18)13-6-4-2-3-5-7-13/h6,8-11,17,19H,2-5,7,18H2,1H3. The number of allylic oxidation sites excluding steroid dienone is 1. The Labute approximate surface area is 119 Å². The van der Waals surface area contributed by atoms with Gasteiger partial charge in [0.1, 0.15) is 11.3 Å². The number of furan rings is 1. The molecule has 3 nitrogen and oxygen atoms in total. The number of rotatable bonds is 3. The Hall–Kier alpha value is -1.58. The lowest BCUT2D eigenvalue weighted by molar-refractivity contribution is 0.463. The molecular weight excluding hydrogens is 248 g/mol. The van der Waals surface area contributed by atoms with Crippen molar-refractivity contribution in [2.45, 2.75) is 45.1 Å². The van der Waals surface area contributed by atoms with Crippen molar-refractivity contribution < 1.29 is 4.42 Å². The number of benzene rings is 1. The maximum Gasteiger partial charge on any atom is 0.134 e. The largest absolute Gasteiger partial charge is 0.459 e. The van der Waals surface area contributed by atoms with Gasteiger partial charge in [-0.05, 0) is 56.4 Å². The van der Waals surface area contributed by atoms with Crippen LogP contribution in [0.15, 0.2) is 40.3 Å². The topological polar surface area (TPSA) is 51.2 Å². The summed E-state index contributed by atoms with van der Waals surface area (Å²) >= 11 is 0. The second-order valence-corrected chi connectivity index (χ2v) is 5.67. The minimum Gasteiger partial charge on any atom is -0.459 e. The highest BCUT2D eigenvalue weighted by atomic mass is 16.3. The molecule has 1 aromatic heterocycles. The third kappa shape index (κ3) is 2.65. The zero-order valence-corrected chi connectivity index (χ0v) is 12.0. The Bertz CT molecular complexity index is 627. The van der Waals surface area contributed by atoms with Gasteiger partial charge in [0.05, 0.1) is 6.04 Å². The third-order valence-corrected chi connectivity index (χ3v) is 4.09. The van der Waals surface area contributed by atoms with Crippen LogP contribution in [0.3, 0.4) is 0 Å². The Morgan fingerprint density at radius 1 is 1.20 bits per heavy atom. The summed E-state index contributed by atoms with van der Waals surface area (Å²) in [6, 6.07) is 8.37. The summed E-state index contributed by atoms with van der Waals surface area (Å²) in [6.45, 7) is 2.10. The van der Waals surface area contributed by atoms with E-state index in [0.717, 1.165) is 29.6 Å². The molecule has 3 N–H and O–H groups in total. The lowest BCUT2D eigenvalue weighted by Gasteiger charge is -2.16. The van der Waals surface area contributed by atoms with E-state index in [4.69, 9.17) is 10.3 Å². The quantitative estimate of drug-likeness (QED) is 0.501. The Morgan fingerprint density at radius 2 is 2.10 bits per heavy atom. The highest BCUT2D eigenvalue weighted by molar-refractivity contribution is 5.78. The first-order chi connectivity index (χ1) is 9.78. The summed E-state index contributed by atoms with van der Waals surface area (Å²) in [5.41, 5.74) is 6.47. The van der Waals surface area contributed by atoms with Crippen LogP contribution in [-0.2, 0) is 0 Å². The monoisotopic (exact) mass is 270 g/mol. The second kappa shape index (κ2) is 5.81. The first-order valence-electron chi connectivity index (χ1n) is 7.43. The molecule has 3 heteroatoms. The molecule has 0 fully saturated rings. The van der Waals surface area contributed by atoms with Crippen molar-refractivity contribution >= 4 is 11.0 Å². The highest BCUT2D eigenvalue weighted by Crippen LogP contribution is 2.32. The van der Waals surface area contributed by atoms with E-state index in [1.807, 2.05) is 6.07 Å². The maximum absolute atomic E-state index is 5.99. The van der Waals surface area contributed by atoms with Gasteiger partial charge in [0.25, 0.3) is 0 Å². The summed E-state index contributed by atoms with van der Waals surface area (Å²) in [7, 11) is 0. The molecule has 1 unspecified atom stereocenters. The molecule has 2 aromatic rings. The highest BCUT2D eigenvalue weighted by Gasteiger charge is 2.20. The van der Waals surface area contributed by atoms with Crippen LogP contribution in [0.5, 0.6) is 0 Å². The number of hydrogen-bond donors (Lipinski definition) is 2. The molecule has 20 heavy (non-hydrogen) atoms. The smallest absolute Gasteiger partial charge is 0.134 e. The van der Waals surface area contributed by atoms with Crippen LogP contribution in [0.2, 0.25) is 0 Å². The van der Waals surface area contributed by atoms with E-state index in [-0.39, 0.29) is 6.04 Å². The zero-order valence-electron chi connectivity index (χ0n) is 12.0. The van der Waals surface area contributed by atoms with Gasteiger partial charge in [-0.25, -0.2) is 5.43 Å². The van der Waals surface area contributed by atoms with Gasteiger partial charge < -0.3 is 4.42 Å².